The number of aliphatic hydroxyl groups excluding tert-OH is 1. The molecule has 0 aliphatic heterocycles. The van der Waals surface area contributed by atoms with Crippen LogP contribution < -0.4 is 10.6 Å². The first kappa shape index (κ1) is 14.5. The molecule has 0 spiro atoms. The standard InChI is InChI=1S/C13H26N2O2/c1-13(2,7-3-9-16)10-14-8-6-12(17)15-11-4-5-11/h11,14,16H,3-10H2,1-2H3,(H,15,17). The zero-order chi connectivity index (χ0) is 12.7. The number of amides is 1. The van der Waals surface area contributed by atoms with Crippen molar-refractivity contribution in [3.05, 3.63) is 0 Å². The van der Waals surface area contributed by atoms with Crippen molar-refractivity contribution in [3.63, 3.8) is 0 Å². The second-order valence-electron chi connectivity index (χ2n) is 5.76. The van der Waals surface area contributed by atoms with E-state index in [4.69, 9.17) is 5.11 Å². The van der Waals surface area contributed by atoms with Gasteiger partial charge in [-0.3, -0.25) is 4.79 Å². The molecule has 4 nitrogen and oxygen atoms in total. The molecule has 1 rings (SSSR count). The van der Waals surface area contributed by atoms with Gasteiger partial charge in [0.15, 0.2) is 0 Å². The molecule has 0 aromatic heterocycles. The zero-order valence-electron chi connectivity index (χ0n) is 11.1. The molecule has 100 valence electrons. The Kier molecular flexibility index (Phi) is 5.92. The van der Waals surface area contributed by atoms with Gasteiger partial charge in [-0.25, -0.2) is 0 Å². The molecule has 0 aromatic rings. The van der Waals surface area contributed by atoms with Crippen molar-refractivity contribution in [3.8, 4) is 0 Å². The van der Waals surface area contributed by atoms with E-state index >= 15 is 0 Å². The van der Waals surface area contributed by atoms with Crippen molar-refractivity contribution < 1.29 is 9.90 Å². The summed E-state index contributed by atoms with van der Waals surface area (Å²) in [5, 5.41) is 15.1. The first-order valence-corrected chi connectivity index (χ1v) is 6.64. The molecule has 4 heteroatoms. The Hall–Kier alpha value is -0.610. The smallest absolute Gasteiger partial charge is 0.221 e. The maximum Gasteiger partial charge on any atom is 0.221 e. The summed E-state index contributed by atoms with van der Waals surface area (Å²) in [6.45, 7) is 6.25. The van der Waals surface area contributed by atoms with Crippen molar-refractivity contribution in [1.82, 2.24) is 10.6 Å². The van der Waals surface area contributed by atoms with Crippen LogP contribution in [0.1, 0.15) is 46.0 Å². The third kappa shape index (κ3) is 7.34. The lowest BCUT2D eigenvalue weighted by Crippen LogP contribution is -2.33. The number of rotatable bonds is 9. The summed E-state index contributed by atoms with van der Waals surface area (Å²) in [7, 11) is 0. The normalized spacial score (nSPS) is 15.9. The number of hydrogen-bond acceptors (Lipinski definition) is 3. The minimum Gasteiger partial charge on any atom is -0.396 e. The number of carbonyl (C=O) groups is 1. The van der Waals surface area contributed by atoms with Crippen LogP contribution in [0.4, 0.5) is 0 Å². The highest BCUT2D eigenvalue weighted by molar-refractivity contribution is 5.76. The summed E-state index contributed by atoms with van der Waals surface area (Å²) in [4.78, 5) is 11.4. The van der Waals surface area contributed by atoms with Crippen LogP contribution in [0.15, 0.2) is 0 Å². The highest BCUT2D eigenvalue weighted by Crippen LogP contribution is 2.20. The third-order valence-electron chi connectivity index (χ3n) is 3.09. The fraction of sp³-hybridized carbons (Fsp3) is 0.923. The Morgan fingerprint density at radius 2 is 2.12 bits per heavy atom. The highest BCUT2D eigenvalue weighted by Gasteiger charge is 2.23. The van der Waals surface area contributed by atoms with Gasteiger partial charge in [0.05, 0.1) is 0 Å². The Labute approximate surface area is 104 Å². The van der Waals surface area contributed by atoms with Crippen LogP contribution in [-0.2, 0) is 4.79 Å². The van der Waals surface area contributed by atoms with Gasteiger partial charge < -0.3 is 15.7 Å². The predicted molar refractivity (Wildman–Crippen MR) is 68.8 cm³/mol. The van der Waals surface area contributed by atoms with Crippen LogP contribution in [0.2, 0.25) is 0 Å². The Morgan fingerprint density at radius 3 is 2.71 bits per heavy atom. The molecule has 1 amide bonds. The molecule has 1 saturated carbocycles. The summed E-state index contributed by atoms with van der Waals surface area (Å²) < 4.78 is 0. The minimum absolute atomic E-state index is 0.160. The molecule has 0 heterocycles. The lowest BCUT2D eigenvalue weighted by atomic mass is 9.88. The SMILES string of the molecule is CC(C)(CCCO)CNCCC(=O)NC1CC1. The summed E-state index contributed by atoms with van der Waals surface area (Å²) in [5.41, 5.74) is 0.190. The maximum atomic E-state index is 11.4. The molecule has 17 heavy (non-hydrogen) atoms. The molecule has 0 aromatic carbocycles. The van der Waals surface area contributed by atoms with E-state index in [0.717, 1.165) is 38.8 Å². The molecule has 0 saturated heterocycles. The van der Waals surface area contributed by atoms with Crippen LogP contribution in [0.5, 0.6) is 0 Å². The van der Waals surface area contributed by atoms with E-state index in [0.29, 0.717) is 12.5 Å². The van der Waals surface area contributed by atoms with Gasteiger partial charge in [0, 0.05) is 32.2 Å². The van der Waals surface area contributed by atoms with Gasteiger partial charge in [-0.2, -0.15) is 0 Å². The van der Waals surface area contributed by atoms with Gasteiger partial charge in [0.25, 0.3) is 0 Å². The first-order chi connectivity index (χ1) is 8.03. The summed E-state index contributed by atoms with van der Waals surface area (Å²) in [6.07, 6.45) is 4.70. The van der Waals surface area contributed by atoms with Gasteiger partial charge in [-0.15, -0.1) is 0 Å². The van der Waals surface area contributed by atoms with E-state index in [1.54, 1.807) is 0 Å². The fourth-order valence-corrected chi connectivity index (χ4v) is 1.80. The van der Waals surface area contributed by atoms with E-state index in [1.807, 2.05) is 0 Å². The Balaban J connectivity index is 1.99. The maximum absolute atomic E-state index is 11.4. The van der Waals surface area contributed by atoms with E-state index < -0.39 is 0 Å². The lowest BCUT2D eigenvalue weighted by molar-refractivity contribution is -0.121. The largest absolute Gasteiger partial charge is 0.396 e. The number of aliphatic hydroxyl groups is 1. The van der Waals surface area contributed by atoms with Gasteiger partial charge in [0.2, 0.25) is 5.91 Å². The Morgan fingerprint density at radius 1 is 1.41 bits per heavy atom. The highest BCUT2D eigenvalue weighted by atomic mass is 16.2. The number of nitrogens with one attached hydrogen (secondary N) is 2. The summed E-state index contributed by atoms with van der Waals surface area (Å²) in [6, 6.07) is 0.462. The Bertz CT molecular complexity index is 238. The quantitative estimate of drug-likeness (QED) is 0.530. The van der Waals surface area contributed by atoms with Gasteiger partial charge >= 0.3 is 0 Å². The third-order valence-corrected chi connectivity index (χ3v) is 3.09. The average Bonchev–Trinajstić information content (AvgIpc) is 3.06. The predicted octanol–water partition coefficient (Wildman–Crippen LogP) is 1.04. The average molecular weight is 242 g/mol. The molecular formula is C13H26N2O2. The van der Waals surface area contributed by atoms with Gasteiger partial charge in [0.1, 0.15) is 0 Å². The van der Waals surface area contributed by atoms with Crippen molar-refractivity contribution in [2.24, 2.45) is 5.41 Å². The van der Waals surface area contributed by atoms with Crippen LogP contribution in [0.3, 0.4) is 0 Å². The molecule has 0 bridgehead atoms. The van der Waals surface area contributed by atoms with E-state index in [9.17, 15) is 4.79 Å². The second-order valence-corrected chi connectivity index (χ2v) is 5.76. The molecule has 0 unspecified atom stereocenters. The van der Waals surface area contributed by atoms with E-state index in [1.165, 1.54) is 0 Å². The van der Waals surface area contributed by atoms with Crippen molar-refractivity contribution in [1.29, 1.82) is 0 Å². The van der Waals surface area contributed by atoms with Crippen LogP contribution in [0.25, 0.3) is 0 Å². The van der Waals surface area contributed by atoms with Crippen LogP contribution >= 0.6 is 0 Å². The number of hydrogen-bond donors (Lipinski definition) is 3. The molecule has 1 aliphatic rings. The van der Waals surface area contributed by atoms with E-state index in [2.05, 4.69) is 24.5 Å². The zero-order valence-corrected chi connectivity index (χ0v) is 11.1. The lowest BCUT2D eigenvalue weighted by Gasteiger charge is -2.24. The topological polar surface area (TPSA) is 61.4 Å². The number of carbonyl (C=O) groups excluding carboxylic acids is 1. The molecule has 3 N–H and O–H groups in total. The molecular weight excluding hydrogens is 216 g/mol. The molecule has 1 aliphatic carbocycles. The first-order valence-electron chi connectivity index (χ1n) is 6.64. The van der Waals surface area contributed by atoms with Gasteiger partial charge in [-0.1, -0.05) is 13.8 Å². The second kappa shape index (κ2) is 6.97. The monoisotopic (exact) mass is 242 g/mol. The molecule has 0 atom stereocenters. The van der Waals surface area contributed by atoms with Gasteiger partial charge in [-0.05, 0) is 31.1 Å². The summed E-state index contributed by atoms with van der Waals surface area (Å²) in [5.74, 6) is 0.160. The van der Waals surface area contributed by atoms with E-state index in [-0.39, 0.29) is 17.9 Å². The van der Waals surface area contributed by atoms with Crippen LogP contribution in [0, 0.1) is 5.41 Å². The van der Waals surface area contributed by atoms with Crippen LogP contribution in [-0.4, -0.2) is 36.8 Å². The van der Waals surface area contributed by atoms with Crippen molar-refractivity contribution in [2.45, 2.75) is 52.0 Å². The molecule has 0 radical (unpaired) electrons. The minimum atomic E-state index is 0.160. The summed E-state index contributed by atoms with van der Waals surface area (Å²) >= 11 is 0. The fourth-order valence-electron chi connectivity index (χ4n) is 1.80. The van der Waals surface area contributed by atoms with Crippen molar-refractivity contribution in [2.75, 3.05) is 19.7 Å². The molecule has 1 fully saturated rings. The van der Waals surface area contributed by atoms with Crippen molar-refractivity contribution >= 4 is 5.91 Å².